The Balaban J connectivity index is 1.69. The van der Waals surface area contributed by atoms with Crippen molar-refractivity contribution in [2.75, 3.05) is 5.32 Å². The third-order valence-corrected chi connectivity index (χ3v) is 4.03. The Kier molecular flexibility index (Phi) is 6.17. The number of benzene rings is 3. The molecule has 2 amide bonds. The van der Waals surface area contributed by atoms with Gasteiger partial charge in [0.05, 0.1) is 0 Å². The highest BCUT2D eigenvalue weighted by molar-refractivity contribution is 6.05. The van der Waals surface area contributed by atoms with E-state index in [9.17, 15) is 19.5 Å². The van der Waals surface area contributed by atoms with E-state index in [1.54, 1.807) is 60.7 Å². The molecule has 0 aliphatic carbocycles. The van der Waals surface area contributed by atoms with Crippen molar-refractivity contribution >= 4 is 29.5 Å². The minimum Gasteiger partial charge on any atom is -0.477 e. The first-order chi connectivity index (χ1) is 14.0. The summed E-state index contributed by atoms with van der Waals surface area (Å²) in [6, 6.07) is 23.8. The first-order valence-corrected chi connectivity index (χ1v) is 8.81. The highest BCUT2D eigenvalue weighted by Crippen LogP contribution is 2.13. The zero-order valence-corrected chi connectivity index (χ0v) is 15.3. The number of anilines is 1. The van der Waals surface area contributed by atoms with E-state index in [-0.39, 0.29) is 17.2 Å². The maximum absolute atomic E-state index is 12.4. The van der Waals surface area contributed by atoms with Gasteiger partial charge in [-0.2, -0.15) is 0 Å². The summed E-state index contributed by atoms with van der Waals surface area (Å²) in [4.78, 5) is 36.0. The number of hydrogen-bond donors (Lipinski definition) is 3. The van der Waals surface area contributed by atoms with E-state index in [4.69, 9.17) is 0 Å². The van der Waals surface area contributed by atoms with Gasteiger partial charge in [0.1, 0.15) is 5.70 Å². The van der Waals surface area contributed by atoms with Crippen molar-refractivity contribution in [1.82, 2.24) is 5.32 Å². The molecular weight excluding hydrogens is 368 g/mol. The molecule has 0 fully saturated rings. The van der Waals surface area contributed by atoms with E-state index in [1.165, 1.54) is 18.2 Å². The fourth-order valence-corrected chi connectivity index (χ4v) is 2.56. The lowest BCUT2D eigenvalue weighted by molar-refractivity contribution is -0.132. The molecule has 0 aromatic heterocycles. The Hall–Kier alpha value is -4.19. The van der Waals surface area contributed by atoms with Crippen LogP contribution in [0.3, 0.4) is 0 Å². The van der Waals surface area contributed by atoms with Crippen LogP contribution in [0.15, 0.2) is 90.6 Å². The fraction of sp³-hybridized carbons (Fsp3) is 0. The van der Waals surface area contributed by atoms with E-state index in [2.05, 4.69) is 10.6 Å². The summed E-state index contributed by atoms with van der Waals surface area (Å²) >= 11 is 0. The predicted octanol–water partition coefficient (Wildman–Crippen LogP) is 3.79. The SMILES string of the molecule is O=C(O)/C(=C/c1ccccc1)NC(=O)c1ccc(NC(=O)c2ccccc2)cc1. The number of carbonyl (C=O) groups is 3. The summed E-state index contributed by atoms with van der Waals surface area (Å²) in [5.74, 6) is -2.06. The number of aliphatic carboxylic acids is 1. The molecule has 3 aromatic rings. The smallest absolute Gasteiger partial charge is 0.352 e. The topological polar surface area (TPSA) is 95.5 Å². The maximum atomic E-state index is 12.4. The van der Waals surface area contributed by atoms with Gasteiger partial charge in [0.25, 0.3) is 11.8 Å². The first kappa shape index (κ1) is 19.6. The molecular formula is C23H18N2O4. The van der Waals surface area contributed by atoms with E-state index in [1.807, 2.05) is 12.1 Å². The Morgan fingerprint density at radius 2 is 1.24 bits per heavy atom. The second-order valence-corrected chi connectivity index (χ2v) is 6.13. The summed E-state index contributed by atoms with van der Waals surface area (Å²) in [6.45, 7) is 0. The van der Waals surface area contributed by atoms with Gasteiger partial charge < -0.3 is 15.7 Å². The normalized spacial score (nSPS) is 10.8. The maximum Gasteiger partial charge on any atom is 0.352 e. The Labute approximate surface area is 167 Å². The molecule has 0 spiro atoms. The molecule has 0 bridgehead atoms. The number of hydrogen-bond acceptors (Lipinski definition) is 3. The molecule has 3 aromatic carbocycles. The highest BCUT2D eigenvalue weighted by Gasteiger charge is 2.14. The number of amides is 2. The summed E-state index contributed by atoms with van der Waals surface area (Å²) < 4.78 is 0. The van der Waals surface area contributed by atoms with Gasteiger partial charge in [0.2, 0.25) is 0 Å². The monoisotopic (exact) mass is 386 g/mol. The molecule has 0 heterocycles. The minimum atomic E-state index is -1.24. The molecule has 0 aliphatic heterocycles. The van der Waals surface area contributed by atoms with Crippen LogP contribution in [0, 0.1) is 0 Å². The zero-order chi connectivity index (χ0) is 20.6. The van der Waals surface area contributed by atoms with Crippen LogP contribution in [0.1, 0.15) is 26.3 Å². The van der Waals surface area contributed by atoms with Crippen molar-refractivity contribution in [3.05, 3.63) is 107 Å². The number of carboxylic acid groups (broad SMARTS) is 1. The Bertz CT molecular complexity index is 1040. The Morgan fingerprint density at radius 1 is 0.690 bits per heavy atom. The molecule has 3 N–H and O–H groups in total. The van der Waals surface area contributed by atoms with Gasteiger partial charge >= 0.3 is 5.97 Å². The van der Waals surface area contributed by atoms with E-state index in [0.29, 0.717) is 16.8 Å². The Morgan fingerprint density at radius 3 is 1.83 bits per heavy atom. The van der Waals surface area contributed by atoms with Crippen molar-refractivity contribution in [3.8, 4) is 0 Å². The molecule has 0 saturated heterocycles. The van der Waals surface area contributed by atoms with Gasteiger partial charge in [0, 0.05) is 16.8 Å². The molecule has 0 saturated carbocycles. The van der Waals surface area contributed by atoms with E-state index in [0.717, 1.165) is 0 Å². The number of carbonyl (C=O) groups excluding carboxylic acids is 2. The van der Waals surface area contributed by atoms with E-state index >= 15 is 0 Å². The summed E-state index contributed by atoms with van der Waals surface area (Å²) in [5, 5.41) is 14.5. The van der Waals surface area contributed by atoms with Crippen LogP contribution in [-0.4, -0.2) is 22.9 Å². The molecule has 0 radical (unpaired) electrons. The average Bonchev–Trinajstić information content (AvgIpc) is 2.75. The third kappa shape index (κ3) is 5.40. The number of carboxylic acids is 1. The number of rotatable bonds is 6. The lowest BCUT2D eigenvalue weighted by atomic mass is 10.1. The van der Waals surface area contributed by atoms with Crippen LogP contribution >= 0.6 is 0 Å². The van der Waals surface area contributed by atoms with Crippen LogP contribution in [0.2, 0.25) is 0 Å². The summed E-state index contributed by atoms with van der Waals surface area (Å²) in [6.07, 6.45) is 1.38. The second-order valence-electron chi connectivity index (χ2n) is 6.13. The van der Waals surface area contributed by atoms with Crippen molar-refractivity contribution < 1.29 is 19.5 Å². The molecule has 3 rings (SSSR count). The summed E-state index contributed by atoms with van der Waals surface area (Å²) in [7, 11) is 0. The van der Waals surface area contributed by atoms with Gasteiger partial charge in [-0.1, -0.05) is 48.5 Å². The van der Waals surface area contributed by atoms with Gasteiger partial charge in [-0.3, -0.25) is 9.59 Å². The summed E-state index contributed by atoms with van der Waals surface area (Å²) in [5.41, 5.74) is 1.73. The zero-order valence-electron chi connectivity index (χ0n) is 15.3. The van der Waals surface area contributed by atoms with Gasteiger partial charge in [-0.05, 0) is 48.0 Å². The van der Waals surface area contributed by atoms with Crippen molar-refractivity contribution in [2.45, 2.75) is 0 Å². The third-order valence-electron chi connectivity index (χ3n) is 4.03. The quantitative estimate of drug-likeness (QED) is 0.562. The van der Waals surface area contributed by atoms with Gasteiger partial charge in [-0.25, -0.2) is 4.79 Å². The van der Waals surface area contributed by atoms with Crippen molar-refractivity contribution in [3.63, 3.8) is 0 Å². The van der Waals surface area contributed by atoms with Crippen molar-refractivity contribution in [1.29, 1.82) is 0 Å². The molecule has 144 valence electrons. The fourth-order valence-electron chi connectivity index (χ4n) is 2.56. The molecule has 0 atom stereocenters. The van der Waals surface area contributed by atoms with Crippen LogP contribution in [-0.2, 0) is 4.79 Å². The van der Waals surface area contributed by atoms with Gasteiger partial charge in [-0.15, -0.1) is 0 Å². The molecule has 29 heavy (non-hydrogen) atoms. The van der Waals surface area contributed by atoms with Crippen LogP contribution in [0.25, 0.3) is 6.08 Å². The number of nitrogens with one attached hydrogen (secondary N) is 2. The first-order valence-electron chi connectivity index (χ1n) is 8.81. The predicted molar refractivity (Wildman–Crippen MR) is 110 cm³/mol. The average molecular weight is 386 g/mol. The van der Waals surface area contributed by atoms with Crippen molar-refractivity contribution in [2.24, 2.45) is 0 Å². The van der Waals surface area contributed by atoms with Crippen LogP contribution in [0.4, 0.5) is 5.69 Å². The second kappa shape index (κ2) is 9.14. The van der Waals surface area contributed by atoms with Crippen LogP contribution < -0.4 is 10.6 Å². The minimum absolute atomic E-state index is 0.234. The van der Waals surface area contributed by atoms with E-state index < -0.39 is 11.9 Å². The lowest BCUT2D eigenvalue weighted by Crippen LogP contribution is -2.27. The van der Waals surface area contributed by atoms with Gasteiger partial charge in [0.15, 0.2) is 0 Å². The van der Waals surface area contributed by atoms with Crippen LogP contribution in [0.5, 0.6) is 0 Å². The largest absolute Gasteiger partial charge is 0.477 e. The standard InChI is InChI=1S/C23H18N2O4/c26-21(17-9-5-2-6-10-17)24-19-13-11-18(12-14-19)22(27)25-20(23(28)29)15-16-7-3-1-4-8-16/h1-15H,(H,24,26)(H,25,27)(H,28,29)/b20-15-. The molecule has 0 unspecified atom stereocenters. The molecule has 6 nitrogen and oxygen atoms in total. The molecule has 0 aliphatic rings. The molecule has 6 heteroatoms. The highest BCUT2D eigenvalue weighted by atomic mass is 16.4. The lowest BCUT2D eigenvalue weighted by Gasteiger charge is -2.08.